The maximum Gasteiger partial charge on any atom is 0.330 e. The minimum atomic E-state index is -0.387. The molecule has 1 amide bonds. The number of hydrogen-bond donors (Lipinski definition) is 0. The number of ether oxygens (including phenoxy) is 1. The topological polar surface area (TPSA) is 66.0 Å². The number of hydrogen-bond acceptors (Lipinski definition) is 6. The van der Waals surface area contributed by atoms with Gasteiger partial charge in [-0.2, -0.15) is 0 Å². The number of nitrogens with zero attached hydrogens (tertiary/aromatic N) is 4. The van der Waals surface area contributed by atoms with Crippen molar-refractivity contribution in [2.75, 3.05) is 55.5 Å². The van der Waals surface area contributed by atoms with Crippen LogP contribution in [0.3, 0.4) is 0 Å². The van der Waals surface area contributed by atoms with Crippen LogP contribution in [0.2, 0.25) is 0 Å². The number of piperidine rings is 1. The van der Waals surface area contributed by atoms with Gasteiger partial charge in [-0.3, -0.25) is 4.79 Å². The molecule has 0 unspecified atom stereocenters. The van der Waals surface area contributed by atoms with Crippen molar-refractivity contribution in [2.45, 2.75) is 51.9 Å². The molecular weight excluding hydrogens is 476 g/mol. The van der Waals surface area contributed by atoms with Crippen LogP contribution in [0.5, 0.6) is 0 Å². The zero-order chi connectivity index (χ0) is 27.1. The lowest BCUT2D eigenvalue weighted by Gasteiger charge is -2.37. The van der Waals surface area contributed by atoms with Crippen molar-refractivity contribution in [3.63, 3.8) is 0 Å². The number of aromatic nitrogens is 1. The molecule has 2 fully saturated rings. The quantitative estimate of drug-likeness (QED) is 0.341. The van der Waals surface area contributed by atoms with Crippen LogP contribution in [0.25, 0.3) is 6.08 Å². The molecule has 1 aromatic carbocycles. The Morgan fingerprint density at radius 2 is 1.79 bits per heavy atom. The lowest BCUT2D eigenvalue weighted by Crippen LogP contribution is -2.43. The summed E-state index contributed by atoms with van der Waals surface area (Å²) >= 11 is 0. The van der Waals surface area contributed by atoms with Gasteiger partial charge in [0.2, 0.25) is 5.91 Å². The normalized spacial score (nSPS) is 17.0. The number of anilines is 3. The Labute approximate surface area is 227 Å². The van der Waals surface area contributed by atoms with E-state index in [4.69, 9.17) is 4.74 Å². The molecule has 4 rings (SSSR count). The standard InChI is InChI=1S/C31H42N4O3/c1-23-18-25(10-13-30(36)38-4)20-28(19-23)35(31(37)26-8-6-5-7-9-26)22-24-14-16-34(17-15-24)27-11-12-29(32-21-27)33(2)3/h10-13,18-21,24,26H,5-9,14-17,22H2,1-4H3/b13-10+. The third kappa shape index (κ3) is 7.15. The van der Waals surface area contributed by atoms with Gasteiger partial charge in [-0.05, 0) is 80.0 Å². The number of carbonyl (C=O) groups is 2. The van der Waals surface area contributed by atoms with E-state index in [9.17, 15) is 9.59 Å². The molecule has 0 bridgehead atoms. The fraction of sp³-hybridized carbons (Fsp3) is 0.516. The Hall–Kier alpha value is -3.35. The summed E-state index contributed by atoms with van der Waals surface area (Å²) in [5.74, 6) is 1.35. The number of amides is 1. The lowest BCUT2D eigenvalue weighted by molar-refractivity contribution is -0.134. The van der Waals surface area contributed by atoms with Crippen LogP contribution < -0.4 is 14.7 Å². The number of aryl methyl sites for hydroxylation is 1. The first-order chi connectivity index (χ1) is 18.3. The van der Waals surface area contributed by atoms with Gasteiger partial charge in [0.1, 0.15) is 5.82 Å². The van der Waals surface area contributed by atoms with Gasteiger partial charge >= 0.3 is 5.97 Å². The van der Waals surface area contributed by atoms with Crippen molar-refractivity contribution in [3.05, 3.63) is 53.7 Å². The molecule has 38 heavy (non-hydrogen) atoms. The highest BCUT2D eigenvalue weighted by atomic mass is 16.5. The smallest absolute Gasteiger partial charge is 0.330 e. The minimum Gasteiger partial charge on any atom is -0.466 e. The number of esters is 1. The predicted molar refractivity (Wildman–Crippen MR) is 155 cm³/mol. The Morgan fingerprint density at radius 1 is 1.05 bits per heavy atom. The van der Waals surface area contributed by atoms with Crippen LogP contribution in [-0.2, 0) is 14.3 Å². The van der Waals surface area contributed by atoms with E-state index < -0.39 is 0 Å². The Morgan fingerprint density at radius 3 is 2.42 bits per heavy atom. The molecule has 2 heterocycles. The minimum absolute atomic E-state index is 0.0969. The monoisotopic (exact) mass is 518 g/mol. The Balaban J connectivity index is 1.50. The van der Waals surface area contributed by atoms with Crippen molar-refractivity contribution in [1.29, 1.82) is 0 Å². The van der Waals surface area contributed by atoms with Gasteiger partial charge < -0.3 is 19.4 Å². The first-order valence-electron chi connectivity index (χ1n) is 13.9. The summed E-state index contributed by atoms with van der Waals surface area (Å²) in [6.07, 6.45) is 12.7. The van der Waals surface area contributed by atoms with Crippen molar-refractivity contribution in [1.82, 2.24) is 4.98 Å². The molecule has 204 valence electrons. The number of benzene rings is 1. The van der Waals surface area contributed by atoms with Gasteiger partial charge in [-0.25, -0.2) is 9.78 Å². The number of carbonyl (C=O) groups excluding carboxylic acids is 2. The molecule has 0 radical (unpaired) electrons. The van der Waals surface area contributed by atoms with E-state index in [0.29, 0.717) is 5.92 Å². The first kappa shape index (κ1) is 27.7. The average molecular weight is 519 g/mol. The SMILES string of the molecule is COC(=O)/C=C/c1cc(C)cc(N(CC2CCN(c3ccc(N(C)C)nc3)CC2)C(=O)C2CCCCC2)c1. The van der Waals surface area contributed by atoms with E-state index in [1.54, 1.807) is 6.08 Å². The van der Waals surface area contributed by atoms with Gasteiger partial charge in [0, 0.05) is 51.4 Å². The van der Waals surface area contributed by atoms with Crippen LogP contribution in [0.1, 0.15) is 56.1 Å². The summed E-state index contributed by atoms with van der Waals surface area (Å²) in [6.45, 7) is 4.68. The zero-order valence-electron chi connectivity index (χ0n) is 23.4. The fourth-order valence-corrected chi connectivity index (χ4v) is 5.63. The predicted octanol–water partition coefficient (Wildman–Crippen LogP) is 5.47. The van der Waals surface area contributed by atoms with E-state index >= 15 is 0 Å². The van der Waals surface area contributed by atoms with Crippen LogP contribution >= 0.6 is 0 Å². The molecule has 1 aliphatic heterocycles. The van der Waals surface area contributed by atoms with Crippen molar-refractivity contribution in [3.8, 4) is 0 Å². The Kier molecular flexibility index (Phi) is 9.43. The van der Waals surface area contributed by atoms with Gasteiger partial charge in [0.15, 0.2) is 0 Å². The van der Waals surface area contributed by atoms with Gasteiger partial charge in [0.25, 0.3) is 0 Å². The fourth-order valence-electron chi connectivity index (χ4n) is 5.63. The highest BCUT2D eigenvalue weighted by molar-refractivity contribution is 5.96. The summed E-state index contributed by atoms with van der Waals surface area (Å²) in [6, 6.07) is 10.4. The van der Waals surface area contributed by atoms with E-state index in [1.807, 2.05) is 49.1 Å². The summed E-state index contributed by atoms with van der Waals surface area (Å²) in [5, 5.41) is 0. The van der Waals surface area contributed by atoms with E-state index in [-0.39, 0.29) is 17.8 Å². The average Bonchev–Trinajstić information content (AvgIpc) is 2.94. The molecule has 1 aromatic heterocycles. The van der Waals surface area contributed by atoms with Crippen LogP contribution in [0.15, 0.2) is 42.6 Å². The van der Waals surface area contributed by atoms with Crippen LogP contribution in [-0.4, -0.2) is 57.7 Å². The molecule has 2 aromatic rings. The zero-order valence-corrected chi connectivity index (χ0v) is 23.4. The molecular formula is C31H42N4O3. The van der Waals surface area contributed by atoms with E-state index in [2.05, 4.69) is 28.1 Å². The molecule has 1 saturated heterocycles. The van der Waals surface area contributed by atoms with Gasteiger partial charge in [-0.15, -0.1) is 0 Å². The molecule has 0 spiro atoms. The summed E-state index contributed by atoms with van der Waals surface area (Å²) < 4.78 is 4.75. The maximum absolute atomic E-state index is 13.9. The second-order valence-corrected chi connectivity index (χ2v) is 10.9. The summed E-state index contributed by atoms with van der Waals surface area (Å²) in [5.41, 5.74) is 4.05. The maximum atomic E-state index is 13.9. The van der Waals surface area contributed by atoms with Crippen LogP contribution in [0, 0.1) is 18.8 Å². The number of rotatable bonds is 8. The summed E-state index contributed by atoms with van der Waals surface area (Å²) in [7, 11) is 5.38. The molecule has 1 aliphatic carbocycles. The van der Waals surface area contributed by atoms with Gasteiger partial charge in [0.05, 0.1) is 19.0 Å². The third-order valence-corrected chi connectivity index (χ3v) is 7.84. The molecule has 0 N–H and O–H groups in total. The highest BCUT2D eigenvalue weighted by Gasteiger charge is 2.30. The van der Waals surface area contributed by atoms with E-state index in [0.717, 1.165) is 86.5 Å². The van der Waals surface area contributed by atoms with Crippen molar-refractivity contribution < 1.29 is 14.3 Å². The molecule has 1 saturated carbocycles. The second kappa shape index (κ2) is 12.9. The van der Waals surface area contributed by atoms with E-state index in [1.165, 1.54) is 19.6 Å². The summed E-state index contributed by atoms with van der Waals surface area (Å²) in [4.78, 5) is 36.6. The second-order valence-electron chi connectivity index (χ2n) is 10.9. The number of pyridine rings is 1. The number of methoxy groups -OCH3 is 1. The largest absolute Gasteiger partial charge is 0.466 e. The van der Waals surface area contributed by atoms with Crippen molar-refractivity contribution >= 4 is 35.1 Å². The molecule has 7 nitrogen and oxygen atoms in total. The van der Waals surface area contributed by atoms with Crippen molar-refractivity contribution in [2.24, 2.45) is 11.8 Å². The molecule has 0 atom stereocenters. The molecule has 7 heteroatoms. The highest BCUT2D eigenvalue weighted by Crippen LogP contribution is 2.32. The third-order valence-electron chi connectivity index (χ3n) is 7.84. The van der Waals surface area contributed by atoms with Gasteiger partial charge in [-0.1, -0.05) is 25.3 Å². The Bertz CT molecular complexity index is 1110. The molecule has 2 aliphatic rings. The lowest BCUT2D eigenvalue weighted by atomic mass is 9.87. The first-order valence-corrected chi connectivity index (χ1v) is 13.9. The van der Waals surface area contributed by atoms with Crippen LogP contribution in [0.4, 0.5) is 17.2 Å².